The number of anilines is 1. The van der Waals surface area contributed by atoms with E-state index >= 15 is 0 Å². The predicted molar refractivity (Wildman–Crippen MR) is 77.2 cm³/mol. The third-order valence-corrected chi connectivity index (χ3v) is 3.56. The minimum Gasteiger partial charge on any atom is -0.467 e. The summed E-state index contributed by atoms with van der Waals surface area (Å²) < 4.78 is 5.05. The van der Waals surface area contributed by atoms with Crippen LogP contribution in [0.2, 0.25) is 5.28 Å². The van der Waals surface area contributed by atoms with Crippen molar-refractivity contribution < 1.29 is 4.74 Å². The number of rotatable bonds is 2. The third-order valence-electron chi connectivity index (χ3n) is 3.39. The molecule has 0 N–H and O–H groups in total. The van der Waals surface area contributed by atoms with E-state index in [1.807, 2.05) is 0 Å². The minimum atomic E-state index is 0.157. The normalized spacial score (nSPS) is 14.6. The van der Waals surface area contributed by atoms with Crippen LogP contribution in [0.3, 0.4) is 0 Å². The summed E-state index contributed by atoms with van der Waals surface area (Å²) in [5, 5.41) is 0.157. The molecular weight excluding hydrogens is 276 g/mol. The number of nitrogens with zero attached hydrogens (tertiary/aromatic N) is 4. The molecule has 3 rings (SSSR count). The second-order valence-corrected chi connectivity index (χ2v) is 5.02. The monoisotopic (exact) mass is 290 g/mol. The number of hydrogen-bond acceptors (Lipinski definition) is 5. The highest BCUT2D eigenvalue weighted by Crippen LogP contribution is 2.23. The van der Waals surface area contributed by atoms with E-state index < -0.39 is 0 Å². The highest BCUT2D eigenvalue weighted by Gasteiger charge is 2.18. The number of hydrogen-bond donors (Lipinski definition) is 0. The van der Waals surface area contributed by atoms with Crippen LogP contribution in [0.4, 0.5) is 5.95 Å². The van der Waals surface area contributed by atoms with Crippen molar-refractivity contribution in [2.45, 2.75) is 19.4 Å². The zero-order valence-electron chi connectivity index (χ0n) is 11.2. The molecule has 0 bridgehead atoms. The number of fused-ring (bicyclic) bond motifs is 1. The maximum atomic E-state index is 5.92. The molecule has 2 aromatic rings. The van der Waals surface area contributed by atoms with Crippen LogP contribution >= 0.6 is 11.6 Å². The molecule has 20 heavy (non-hydrogen) atoms. The van der Waals surface area contributed by atoms with Crippen molar-refractivity contribution in [3.8, 4) is 6.01 Å². The second-order valence-electron chi connectivity index (χ2n) is 4.68. The summed E-state index contributed by atoms with van der Waals surface area (Å²) >= 11 is 5.92. The first kappa shape index (κ1) is 13.1. The van der Waals surface area contributed by atoms with Crippen molar-refractivity contribution in [1.82, 2.24) is 15.0 Å². The smallest absolute Gasteiger partial charge is 0.322 e. The molecule has 5 nitrogen and oxygen atoms in total. The number of aryl methyl sites for hydroxylation is 1. The molecule has 0 spiro atoms. The molecule has 1 aromatic heterocycles. The molecule has 1 aliphatic rings. The molecular formula is C14H15ClN4O. The Kier molecular flexibility index (Phi) is 3.69. The largest absolute Gasteiger partial charge is 0.467 e. The van der Waals surface area contributed by atoms with Crippen molar-refractivity contribution in [3.63, 3.8) is 0 Å². The Bertz CT molecular complexity index is 620. The van der Waals surface area contributed by atoms with Crippen LogP contribution < -0.4 is 9.64 Å². The molecule has 104 valence electrons. The third kappa shape index (κ3) is 2.67. The van der Waals surface area contributed by atoms with E-state index in [0.717, 1.165) is 25.9 Å². The van der Waals surface area contributed by atoms with Crippen LogP contribution in [0.25, 0.3) is 0 Å². The van der Waals surface area contributed by atoms with E-state index in [1.165, 1.54) is 18.2 Å². The van der Waals surface area contributed by atoms with Gasteiger partial charge >= 0.3 is 6.01 Å². The number of ether oxygens (including phenoxy) is 1. The average Bonchev–Trinajstić information content (AvgIpc) is 2.68. The van der Waals surface area contributed by atoms with Crippen molar-refractivity contribution in [2.24, 2.45) is 0 Å². The highest BCUT2D eigenvalue weighted by atomic mass is 35.5. The van der Waals surface area contributed by atoms with Gasteiger partial charge in [0.05, 0.1) is 7.11 Å². The molecule has 0 saturated heterocycles. The first-order chi connectivity index (χ1) is 9.76. The number of halogens is 1. The van der Waals surface area contributed by atoms with Gasteiger partial charge in [-0.15, -0.1) is 0 Å². The topological polar surface area (TPSA) is 51.1 Å². The maximum Gasteiger partial charge on any atom is 0.322 e. The van der Waals surface area contributed by atoms with E-state index in [9.17, 15) is 0 Å². The van der Waals surface area contributed by atoms with Gasteiger partial charge in [-0.3, -0.25) is 0 Å². The van der Waals surface area contributed by atoms with Crippen LogP contribution in [0.1, 0.15) is 17.5 Å². The summed E-state index contributed by atoms with van der Waals surface area (Å²) in [5.41, 5.74) is 2.70. The van der Waals surface area contributed by atoms with Gasteiger partial charge in [-0.25, -0.2) is 0 Å². The lowest BCUT2D eigenvalue weighted by molar-refractivity contribution is 0.378. The summed E-state index contributed by atoms with van der Waals surface area (Å²) in [6, 6.07) is 8.71. The zero-order valence-corrected chi connectivity index (χ0v) is 12.0. The predicted octanol–water partition coefficient (Wildman–Crippen LogP) is 2.49. The number of aromatic nitrogens is 3. The Hall–Kier alpha value is -1.88. The zero-order chi connectivity index (χ0) is 13.9. The van der Waals surface area contributed by atoms with Gasteiger partial charge in [-0.1, -0.05) is 24.3 Å². The van der Waals surface area contributed by atoms with E-state index in [2.05, 4.69) is 44.1 Å². The molecule has 1 aliphatic heterocycles. The fourth-order valence-electron chi connectivity index (χ4n) is 2.43. The van der Waals surface area contributed by atoms with Gasteiger partial charge in [0.1, 0.15) is 0 Å². The van der Waals surface area contributed by atoms with Crippen molar-refractivity contribution in [1.29, 1.82) is 0 Å². The van der Waals surface area contributed by atoms with Crippen LogP contribution in [0.5, 0.6) is 6.01 Å². The fraction of sp³-hybridized carbons (Fsp3) is 0.357. The van der Waals surface area contributed by atoms with Crippen LogP contribution in [0, 0.1) is 0 Å². The van der Waals surface area contributed by atoms with Gasteiger partial charge in [0.15, 0.2) is 0 Å². The fourth-order valence-corrected chi connectivity index (χ4v) is 2.57. The maximum absolute atomic E-state index is 5.92. The SMILES string of the molecule is COc1nc(Cl)nc(N2CCCc3ccccc3C2)n1. The van der Waals surface area contributed by atoms with E-state index in [-0.39, 0.29) is 11.3 Å². The van der Waals surface area contributed by atoms with Crippen LogP contribution in [-0.4, -0.2) is 28.6 Å². The Morgan fingerprint density at radius 1 is 1.15 bits per heavy atom. The molecule has 2 heterocycles. The number of methoxy groups -OCH3 is 1. The molecule has 0 amide bonds. The summed E-state index contributed by atoms with van der Waals surface area (Å²) in [5.74, 6) is 0.568. The quantitative estimate of drug-likeness (QED) is 0.850. The van der Waals surface area contributed by atoms with Gasteiger partial charge in [0, 0.05) is 13.1 Å². The summed E-state index contributed by atoms with van der Waals surface area (Å²) in [7, 11) is 1.52. The van der Waals surface area contributed by atoms with Gasteiger partial charge in [-0.2, -0.15) is 15.0 Å². The molecule has 0 fully saturated rings. The molecule has 0 atom stereocenters. The standard InChI is InChI=1S/C14H15ClN4O/c1-20-14-17-12(15)16-13(18-14)19-8-4-7-10-5-2-3-6-11(10)9-19/h2-3,5-6H,4,7-9H2,1H3. The average molecular weight is 291 g/mol. The minimum absolute atomic E-state index is 0.157. The van der Waals surface area contributed by atoms with Crippen molar-refractivity contribution >= 4 is 17.5 Å². The van der Waals surface area contributed by atoms with Gasteiger partial charge in [0.25, 0.3) is 0 Å². The lowest BCUT2D eigenvalue weighted by atomic mass is 10.0. The molecule has 0 saturated carbocycles. The molecule has 1 aromatic carbocycles. The molecule has 0 aliphatic carbocycles. The van der Waals surface area contributed by atoms with E-state index in [0.29, 0.717) is 5.95 Å². The van der Waals surface area contributed by atoms with Gasteiger partial charge < -0.3 is 9.64 Å². The van der Waals surface area contributed by atoms with Crippen molar-refractivity contribution in [3.05, 3.63) is 40.7 Å². The molecule has 6 heteroatoms. The van der Waals surface area contributed by atoms with Gasteiger partial charge in [0.2, 0.25) is 11.2 Å². The second kappa shape index (κ2) is 5.63. The summed E-state index contributed by atoms with van der Waals surface area (Å²) in [4.78, 5) is 14.5. The van der Waals surface area contributed by atoms with Gasteiger partial charge in [-0.05, 0) is 35.6 Å². The van der Waals surface area contributed by atoms with E-state index in [4.69, 9.17) is 16.3 Å². The number of benzene rings is 1. The Morgan fingerprint density at radius 2 is 1.95 bits per heavy atom. The Labute approximate surface area is 122 Å². The first-order valence-corrected chi connectivity index (χ1v) is 6.91. The molecule has 0 radical (unpaired) electrons. The van der Waals surface area contributed by atoms with Crippen LogP contribution in [-0.2, 0) is 13.0 Å². The van der Waals surface area contributed by atoms with Crippen LogP contribution in [0.15, 0.2) is 24.3 Å². The lowest BCUT2D eigenvalue weighted by Gasteiger charge is -2.20. The first-order valence-electron chi connectivity index (χ1n) is 6.53. The molecule has 0 unspecified atom stereocenters. The lowest BCUT2D eigenvalue weighted by Crippen LogP contribution is -2.25. The van der Waals surface area contributed by atoms with Crippen molar-refractivity contribution in [2.75, 3.05) is 18.6 Å². The summed E-state index contributed by atoms with van der Waals surface area (Å²) in [6.45, 7) is 1.66. The highest BCUT2D eigenvalue weighted by molar-refractivity contribution is 6.28. The Balaban J connectivity index is 1.93. The Morgan fingerprint density at radius 3 is 2.75 bits per heavy atom. The van der Waals surface area contributed by atoms with E-state index in [1.54, 1.807) is 0 Å². The summed E-state index contributed by atoms with van der Waals surface area (Å²) in [6.07, 6.45) is 2.13.